The van der Waals surface area contributed by atoms with Crippen LogP contribution in [0.2, 0.25) is 5.02 Å². The summed E-state index contributed by atoms with van der Waals surface area (Å²) in [7, 11) is 0. The molecule has 0 saturated heterocycles. The van der Waals surface area contributed by atoms with E-state index in [1.165, 1.54) is 0 Å². The smallest absolute Gasteiger partial charge is 0.319 e. The molecule has 0 aliphatic carbocycles. The number of carbonyl (C=O) groups is 1. The first-order valence-electron chi connectivity index (χ1n) is 6.62. The molecule has 0 radical (unpaired) electrons. The molecule has 0 heterocycles. The van der Waals surface area contributed by atoms with Crippen LogP contribution in [0.3, 0.4) is 0 Å². The second-order valence-electron chi connectivity index (χ2n) is 4.75. The van der Waals surface area contributed by atoms with Gasteiger partial charge in [-0.25, -0.2) is 4.79 Å². The predicted molar refractivity (Wildman–Crippen MR) is 84.5 cm³/mol. The number of amides is 2. The van der Waals surface area contributed by atoms with Crippen molar-refractivity contribution in [3.05, 3.63) is 65.2 Å². The molecule has 2 amide bonds. The maximum absolute atomic E-state index is 11.9. The van der Waals surface area contributed by atoms with E-state index < -0.39 is 12.1 Å². The average molecular weight is 305 g/mol. The average Bonchev–Trinajstić information content (AvgIpc) is 2.49. The Hall–Kier alpha value is -2.04. The van der Waals surface area contributed by atoms with Gasteiger partial charge in [0.25, 0.3) is 0 Å². The minimum absolute atomic E-state index is 0.375. The number of halogens is 1. The fourth-order valence-electron chi connectivity index (χ4n) is 1.93. The van der Waals surface area contributed by atoms with Gasteiger partial charge in [-0.15, -0.1) is 0 Å². The first kappa shape index (κ1) is 15.4. The summed E-state index contributed by atoms with van der Waals surface area (Å²) >= 11 is 5.78. The van der Waals surface area contributed by atoms with E-state index in [4.69, 9.17) is 11.6 Å². The summed E-state index contributed by atoms with van der Waals surface area (Å²) in [4.78, 5) is 11.9. The van der Waals surface area contributed by atoms with E-state index in [0.29, 0.717) is 10.7 Å². The van der Waals surface area contributed by atoms with Crippen LogP contribution in [0.1, 0.15) is 18.6 Å². The highest BCUT2D eigenvalue weighted by Gasteiger charge is 2.18. The van der Waals surface area contributed by atoms with Gasteiger partial charge in [0.1, 0.15) is 0 Å². The molecule has 0 aliphatic heterocycles. The van der Waals surface area contributed by atoms with E-state index in [0.717, 1.165) is 5.56 Å². The molecule has 0 aromatic heterocycles. The van der Waals surface area contributed by atoms with Gasteiger partial charge in [0.2, 0.25) is 0 Å². The van der Waals surface area contributed by atoms with Gasteiger partial charge >= 0.3 is 6.03 Å². The Kier molecular flexibility index (Phi) is 5.20. The molecule has 21 heavy (non-hydrogen) atoms. The summed E-state index contributed by atoms with van der Waals surface area (Å²) < 4.78 is 0. The minimum Gasteiger partial charge on any atom is -0.386 e. The molecule has 0 fully saturated rings. The Morgan fingerprint density at radius 3 is 2.33 bits per heavy atom. The van der Waals surface area contributed by atoms with Crippen LogP contribution in [0.4, 0.5) is 10.5 Å². The van der Waals surface area contributed by atoms with Crippen molar-refractivity contribution in [2.75, 3.05) is 5.32 Å². The number of nitrogens with one attached hydrogen (secondary N) is 2. The summed E-state index contributed by atoms with van der Waals surface area (Å²) in [5.74, 6) is 0. The van der Waals surface area contributed by atoms with E-state index in [1.54, 1.807) is 31.2 Å². The zero-order chi connectivity index (χ0) is 15.2. The maximum atomic E-state index is 11.9. The second kappa shape index (κ2) is 7.11. The van der Waals surface area contributed by atoms with Crippen molar-refractivity contribution in [2.45, 2.75) is 19.1 Å². The Labute approximate surface area is 128 Å². The zero-order valence-electron chi connectivity index (χ0n) is 11.6. The number of hydrogen-bond donors (Lipinski definition) is 3. The first-order chi connectivity index (χ1) is 10.1. The number of rotatable bonds is 4. The molecule has 2 aromatic carbocycles. The quantitative estimate of drug-likeness (QED) is 0.808. The van der Waals surface area contributed by atoms with Crippen LogP contribution in [0.25, 0.3) is 0 Å². The van der Waals surface area contributed by atoms with Gasteiger partial charge in [-0.2, -0.15) is 0 Å². The van der Waals surface area contributed by atoms with Crippen molar-refractivity contribution in [3.63, 3.8) is 0 Å². The van der Waals surface area contributed by atoms with Crippen LogP contribution in [0, 0.1) is 0 Å². The maximum Gasteiger partial charge on any atom is 0.319 e. The fraction of sp³-hybridized carbons (Fsp3) is 0.188. The van der Waals surface area contributed by atoms with Crippen molar-refractivity contribution in [2.24, 2.45) is 0 Å². The number of benzene rings is 2. The molecule has 0 saturated carbocycles. The second-order valence-corrected chi connectivity index (χ2v) is 5.19. The molecule has 3 N–H and O–H groups in total. The minimum atomic E-state index is -0.762. The molecule has 4 nitrogen and oxygen atoms in total. The lowest BCUT2D eigenvalue weighted by Crippen LogP contribution is -2.39. The summed E-state index contributed by atoms with van der Waals surface area (Å²) in [5, 5.41) is 16.2. The van der Waals surface area contributed by atoms with Crippen molar-refractivity contribution in [3.8, 4) is 0 Å². The van der Waals surface area contributed by atoms with Crippen molar-refractivity contribution in [1.29, 1.82) is 0 Å². The highest BCUT2D eigenvalue weighted by atomic mass is 35.5. The van der Waals surface area contributed by atoms with E-state index >= 15 is 0 Å². The van der Waals surface area contributed by atoms with Crippen molar-refractivity contribution < 1.29 is 9.90 Å². The summed E-state index contributed by atoms with van der Waals surface area (Å²) in [6.07, 6.45) is -0.762. The Balaban J connectivity index is 1.91. The van der Waals surface area contributed by atoms with Gasteiger partial charge in [0.15, 0.2) is 0 Å². The summed E-state index contributed by atoms with van der Waals surface area (Å²) in [5.41, 5.74) is 1.40. The van der Waals surface area contributed by atoms with Crippen LogP contribution in [-0.4, -0.2) is 17.2 Å². The van der Waals surface area contributed by atoms with Gasteiger partial charge in [0, 0.05) is 10.7 Å². The number of anilines is 1. The molecule has 0 unspecified atom stereocenters. The van der Waals surface area contributed by atoms with E-state index in [2.05, 4.69) is 10.6 Å². The van der Waals surface area contributed by atoms with Gasteiger partial charge < -0.3 is 15.7 Å². The molecule has 0 aliphatic rings. The Morgan fingerprint density at radius 2 is 1.71 bits per heavy atom. The molecule has 110 valence electrons. The predicted octanol–water partition coefficient (Wildman–Crippen LogP) is 3.58. The SMILES string of the molecule is C[C@H](NC(=O)Nc1ccc(Cl)cc1)[C@@H](O)c1ccccc1. The largest absolute Gasteiger partial charge is 0.386 e. The molecule has 5 heteroatoms. The van der Waals surface area contributed by atoms with Crippen molar-refractivity contribution in [1.82, 2.24) is 5.32 Å². The number of hydrogen-bond acceptors (Lipinski definition) is 2. The van der Waals surface area contributed by atoms with Crippen LogP contribution in [0.5, 0.6) is 0 Å². The van der Waals surface area contributed by atoms with Gasteiger partial charge in [-0.05, 0) is 36.8 Å². The lowest BCUT2D eigenvalue weighted by Gasteiger charge is -2.20. The normalized spacial score (nSPS) is 13.3. The molecule has 2 aromatic rings. The van der Waals surface area contributed by atoms with Crippen molar-refractivity contribution >= 4 is 23.3 Å². The molecular formula is C16H17ClN2O2. The van der Waals surface area contributed by atoms with E-state index in [1.807, 2.05) is 30.3 Å². The van der Waals surface area contributed by atoms with Crippen LogP contribution < -0.4 is 10.6 Å². The monoisotopic (exact) mass is 304 g/mol. The third-order valence-electron chi connectivity index (χ3n) is 3.08. The third kappa shape index (κ3) is 4.48. The third-order valence-corrected chi connectivity index (χ3v) is 3.33. The first-order valence-corrected chi connectivity index (χ1v) is 7.00. The highest BCUT2D eigenvalue weighted by molar-refractivity contribution is 6.30. The van der Waals surface area contributed by atoms with E-state index in [-0.39, 0.29) is 6.03 Å². The molecule has 0 spiro atoms. The summed E-state index contributed by atoms with van der Waals surface area (Å²) in [6.45, 7) is 1.75. The number of aliphatic hydroxyl groups is 1. The van der Waals surface area contributed by atoms with E-state index in [9.17, 15) is 9.90 Å². The lowest BCUT2D eigenvalue weighted by atomic mass is 10.0. The zero-order valence-corrected chi connectivity index (χ0v) is 12.3. The molecule has 2 atom stereocenters. The van der Waals surface area contributed by atoms with Gasteiger partial charge in [0.05, 0.1) is 12.1 Å². The summed E-state index contributed by atoms with van der Waals surface area (Å²) in [6, 6.07) is 15.2. The number of carbonyl (C=O) groups excluding carboxylic acids is 1. The number of aliphatic hydroxyl groups excluding tert-OH is 1. The topological polar surface area (TPSA) is 61.4 Å². The van der Waals surface area contributed by atoms with Crippen LogP contribution in [-0.2, 0) is 0 Å². The molecule has 0 bridgehead atoms. The lowest BCUT2D eigenvalue weighted by molar-refractivity contribution is 0.139. The van der Waals surface area contributed by atoms with Crippen LogP contribution >= 0.6 is 11.6 Å². The number of urea groups is 1. The Morgan fingerprint density at radius 1 is 1.10 bits per heavy atom. The molecular weight excluding hydrogens is 288 g/mol. The standard InChI is InChI=1S/C16H17ClN2O2/c1-11(15(20)12-5-3-2-4-6-12)18-16(21)19-14-9-7-13(17)8-10-14/h2-11,15,20H,1H3,(H2,18,19,21)/t11-,15+/m0/s1. The fourth-order valence-corrected chi connectivity index (χ4v) is 2.05. The highest BCUT2D eigenvalue weighted by Crippen LogP contribution is 2.17. The Bertz CT molecular complexity index is 587. The van der Waals surface area contributed by atoms with Crippen LogP contribution in [0.15, 0.2) is 54.6 Å². The van der Waals surface area contributed by atoms with Gasteiger partial charge in [-0.1, -0.05) is 41.9 Å². The van der Waals surface area contributed by atoms with Gasteiger partial charge in [-0.3, -0.25) is 0 Å². The molecule has 2 rings (SSSR count).